The summed E-state index contributed by atoms with van der Waals surface area (Å²) < 4.78 is 0. The number of nitrogens with one attached hydrogen (secondary N) is 1. The third-order valence-corrected chi connectivity index (χ3v) is 2.00. The van der Waals surface area contributed by atoms with Gasteiger partial charge < -0.3 is 10.0 Å². The van der Waals surface area contributed by atoms with E-state index in [4.69, 9.17) is 5.11 Å². The maximum absolute atomic E-state index is 11.6. The van der Waals surface area contributed by atoms with Crippen LogP contribution in [0.3, 0.4) is 0 Å². The lowest BCUT2D eigenvalue weighted by atomic mass is 10.3. The summed E-state index contributed by atoms with van der Waals surface area (Å²) in [6, 6.07) is 1.77. The molecule has 1 aromatic rings. The summed E-state index contributed by atoms with van der Waals surface area (Å²) in [5, 5.41) is 15.2. The van der Waals surface area contributed by atoms with Gasteiger partial charge in [0, 0.05) is 25.0 Å². The number of nitrogens with zero attached hydrogens (tertiary/aromatic N) is 2. The fraction of sp³-hybridized carbons (Fsp3) is 0.556. The van der Waals surface area contributed by atoms with Crippen molar-refractivity contribution in [2.45, 2.75) is 13.3 Å². The second kappa shape index (κ2) is 5.39. The summed E-state index contributed by atoms with van der Waals surface area (Å²) in [5.74, 6) is 0.00537. The molecule has 1 aromatic heterocycles. The Morgan fingerprint density at radius 2 is 2.50 bits per heavy atom. The fourth-order valence-electron chi connectivity index (χ4n) is 1.24. The number of H-pyrrole nitrogens is 1. The molecule has 0 aromatic carbocycles. The Bertz CT molecular complexity index is 272. The number of aliphatic hydroxyl groups is 1. The van der Waals surface area contributed by atoms with Crippen molar-refractivity contribution in [1.82, 2.24) is 15.1 Å². The van der Waals surface area contributed by atoms with Gasteiger partial charge in [-0.25, -0.2) is 0 Å². The molecule has 1 heterocycles. The van der Waals surface area contributed by atoms with E-state index in [1.807, 2.05) is 6.92 Å². The van der Waals surface area contributed by atoms with Crippen LogP contribution in [0.4, 0.5) is 0 Å². The third-order valence-electron chi connectivity index (χ3n) is 2.00. The molecule has 14 heavy (non-hydrogen) atoms. The molecule has 0 aliphatic heterocycles. The van der Waals surface area contributed by atoms with Gasteiger partial charge in [-0.15, -0.1) is 0 Å². The number of aromatic amines is 1. The Kier molecular flexibility index (Phi) is 4.12. The zero-order valence-electron chi connectivity index (χ0n) is 8.23. The normalized spacial score (nSPS) is 10.1. The topological polar surface area (TPSA) is 69.2 Å². The van der Waals surface area contributed by atoms with Gasteiger partial charge in [0.25, 0.3) is 0 Å². The molecule has 1 amide bonds. The molecule has 0 spiro atoms. The Morgan fingerprint density at radius 1 is 1.71 bits per heavy atom. The van der Waals surface area contributed by atoms with Crippen molar-refractivity contribution >= 4 is 5.91 Å². The molecule has 0 aliphatic rings. The maximum Gasteiger partial charge on any atom is 0.228 e. The first-order valence-electron chi connectivity index (χ1n) is 4.64. The van der Waals surface area contributed by atoms with Gasteiger partial charge in [0.15, 0.2) is 0 Å². The predicted octanol–water partition coefficient (Wildman–Crippen LogP) is -0.207. The van der Waals surface area contributed by atoms with Crippen molar-refractivity contribution in [3.8, 4) is 0 Å². The van der Waals surface area contributed by atoms with E-state index in [-0.39, 0.29) is 12.5 Å². The number of aliphatic hydroxyl groups excluding tert-OH is 1. The minimum atomic E-state index is 0.00254. The van der Waals surface area contributed by atoms with E-state index in [0.29, 0.717) is 19.5 Å². The quantitative estimate of drug-likeness (QED) is 0.686. The van der Waals surface area contributed by atoms with Crippen LogP contribution in [0.1, 0.15) is 12.6 Å². The zero-order chi connectivity index (χ0) is 10.4. The Morgan fingerprint density at radius 3 is 3.00 bits per heavy atom. The number of carbonyl (C=O) groups is 1. The van der Waals surface area contributed by atoms with Crippen LogP contribution in [0.2, 0.25) is 0 Å². The highest BCUT2D eigenvalue weighted by atomic mass is 16.3. The lowest BCUT2D eigenvalue weighted by Crippen LogP contribution is -2.34. The molecule has 1 rings (SSSR count). The van der Waals surface area contributed by atoms with E-state index in [1.165, 1.54) is 0 Å². The minimum Gasteiger partial charge on any atom is -0.395 e. The largest absolute Gasteiger partial charge is 0.395 e. The monoisotopic (exact) mass is 197 g/mol. The van der Waals surface area contributed by atoms with E-state index in [9.17, 15) is 4.79 Å². The molecule has 0 aliphatic carbocycles. The van der Waals surface area contributed by atoms with Crippen molar-refractivity contribution < 1.29 is 9.90 Å². The van der Waals surface area contributed by atoms with Gasteiger partial charge in [-0.2, -0.15) is 5.10 Å². The van der Waals surface area contributed by atoms with Crippen LogP contribution < -0.4 is 0 Å². The highest BCUT2D eigenvalue weighted by Crippen LogP contribution is 1.98. The Hall–Kier alpha value is -1.36. The Labute approximate surface area is 82.7 Å². The van der Waals surface area contributed by atoms with E-state index in [2.05, 4.69) is 10.2 Å². The van der Waals surface area contributed by atoms with Crippen molar-refractivity contribution in [3.05, 3.63) is 18.0 Å². The maximum atomic E-state index is 11.6. The smallest absolute Gasteiger partial charge is 0.228 e. The summed E-state index contributed by atoms with van der Waals surface area (Å²) in [4.78, 5) is 13.2. The van der Waals surface area contributed by atoms with Gasteiger partial charge in [0.2, 0.25) is 5.91 Å². The number of hydrogen-bond donors (Lipinski definition) is 2. The van der Waals surface area contributed by atoms with Crippen LogP contribution in [0.15, 0.2) is 12.3 Å². The summed E-state index contributed by atoms with van der Waals surface area (Å²) in [7, 11) is 0. The molecule has 0 bridgehead atoms. The number of aromatic nitrogens is 2. The molecule has 5 nitrogen and oxygen atoms in total. The van der Waals surface area contributed by atoms with Crippen molar-refractivity contribution in [2.75, 3.05) is 19.7 Å². The lowest BCUT2D eigenvalue weighted by molar-refractivity contribution is -0.130. The molecule has 0 saturated heterocycles. The van der Waals surface area contributed by atoms with Crippen molar-refractivity contribution in [1.29, 1.82) is 0 Å². The van der Waals surface area contributed by atoms with Crippen LogP contribution >= 0.6 is 0 Å². The third kappa shape index (κ3) is 2.85. The first-order chi connectivity index (χ1) is 6.77. The molecule has 0 fully saturated rings. The number of carbonyl (C=O) groups excluding carboxylic acids is 1. The summed E-state index contributed by atoms with van der Waals surface area (Å²) in [6.07, 6.45) is 1.93. The van der Waals surface area contributed by atoms with Crippen molar-refractivity contribution in [3.63, 3.8) is 0 Å². The van der Waals surface area contributed by atoms with Crippen LogP contribution in [-0.4, -0.2) is 45.8 Å². The van der Waals surface area contributed by atoms with E-state index < -0.39 is 0 Å². The number of rotatable bonds is 5. The highest BCUT2D eigenvalue weighted by molar-refractivity contribution is 5.78. The molecular formula is C9H15N3O2. The first kappa shape index (κ1) is 10.7. The van der Waals surface area contributed by atoms with E-state index in [0.717, 1.165) is 5.69 Å². The second-order valence-corrected chi connectivity index (χ2v) is 2.96. The highest BCUT2D eigenvalue weighted by Gasteiger charge is 2.11. The summed E-state index contributed by atoms with van der Waals surface area (Å²) >= 11 is 0. The molecule has 0 atom stereocenters. The van der Waals surface area contributed by atoms with Crippen LogP contribution in [0.5, 0.6) is 0 Å². The number of amides is 1. The van der Waals surface area contributed by atoms with Crippen molar-refractivity contribution in [2.24, 2.45) is 0 Å². The lowest BCUT2D eigenvalue weighted by Gasteiger charge is -2.18. The standard InChI is InChI=1S/C9H15N3O2/c1-2-12(5-6-13)9(14)7-8-3-4-10-11-8/h3-4,13H,2,5-7H2,1H3,(H,10,11). The molecule has 0 unspecified atom stereocenters. The molecule has 2 N–H and O–H groups in total. The minimum absolute atomic E-state index is 0.00254. The van der Waals surface area contributed by atoms with Gasteiger partial charge in [-0.05, 0) is 13.0 Å². The molecule has 78 valence electrons. The Balaban J connectivity index is 2.47. The van der Waals surface area contributed by atoms with Gasteiger partial charge >= 0.3 is 0 Å². The van der Waals surface area contributed by atoms with E-state index in [1.54, 1.807) is 17.2 Å². The number of hydrogen-bond acceptors (Lipinski definition) is 3. The van der Waals surface area contributed by atoms with Gasteiger partial charge in [0.05, 0.1) is 13.0 Å². The van der Waals surface area contributed by atoms with Gasteiger partial charge in [-0.1, -0.05) is 0 Å². The van der Waals surface area contributed by atoms with E-state index >= 15 is 0 Å². The molecule has 0 saturated carbocycles. The average Bonchev–Trinajstić information content (AvgIpc) is 2.66. The number of likely N-dealkylation sites (N-methyl/N-ethyl adjacent to an activating group) is 1. The summed E-state index contributed by atoms with van der Waals surface area (Å²) in [6.45, 7) is 2.90. The molecular weight excluding hydrogens is 182 g/mol. The van der Waals surface area contributed by atoms with Gasteiger partial charge in [0.1, 0.15) is 0 Å². The fourth-order valence-corrected chi connectivity index (χ4v) is 1.24. The van der Waals surface area contributed by atoms with Crippen LogP contribution in [0, 0.1) is 0 Å². The van der Waals surface area contributed by atoms with Gasteiger partial charge in [-0.3, -0.25) is 9.89 Å². The van der Waals surface area contributed by atoms with Crippen LogP contribution in [-0.2, 0) is 11.2 Å². The molecule has 5 heteroatoms. The zero-order valence-corrected chi connectivity index (χ0v) is 8.23. The van der Waals surface area contributed by atoms with Crippen LogP contribution in [0.25, 0.3) is 0 Å². The predicted molar refractivity (Wildman–Crippen MR) is 51.6 cm³/mol. The average molecular weight is 197 g/mol. The molecule has 0 radical (unpaired) electrons. The first-order valence-corrected chi connectivity index (χ1v) is 4.64. The summed E-state index contributed by atoms with van der Waals surface area (Å²) in [5.41, 5.74) is 0.798. The second-order valence-electron chi connectivity index (χ2n) is 2.96. The SMILES string of the molecule is CCN(CCO)C(=O)Cc1ccn[nH]1.